The summed E-state index contributed by atoms with van der Waals surface area (Å²) in [6.07, 6.45) is 0. The molecule has 5 heteroatoms. The molecule has 1 aliphatic rings. The van der Waals surface area contributed by atoms with Gasteiger partial charge in [-0.3, -0.25) is 9.59 Å². The van der Waals surface area contributed by atoms with Gasteiger partial charge in [0.2, 0.25) is 0 Å². The van der Waals surface area contributed by atoms with E-state index in [1.165, 1.54) is 4.90 Å². The zero-order chi connectivity index (χ0) is 14.7. The van der Waals surface area contributed by atoms with Crippen LogP contribution in [0.3, 0.4) is 0 Å². The molecule has 0 aromatic heterocycles. The molecule has 20 heavy (non-hydrogen) atoms. The van der Waals surface area contributed by atoms with Crippen molar-refractivity contribution in [3.63, 3.8) is 0 Å². The lowest BCUT2D eigenvalue weighted by molar-refractivity contribution is -0.153. The zero-order valence-electron chi connectivity index (χ0n) is 11.7. The van der Waals surface area contributed by atoms with Gasteiger partial charge >= 0.3 is 5.97 Å². The van der Waals surface area contributed by atoms with Crippen molar-refractivity contribution < 1.29 is 19.4 Å². The van der Waals surface area contributed by atoms with Crippen molar-refractivity contribution in [3.8, 4) is 5.75 Å². The molecule has 5 nitrogen and oxygen atoms in total. The van der Waals surface area contributed by atoms with Crippen LogP contribution in [0.25, 0.3) is 0 Å². The molecule has 0 spiro atoms. The van der Waals surface area contributed by atoms with Crippen LogP contribution in [0, 0.1) is 5.92 Å². The number of ether oxygens (including phenoxy) is 1. The van der Waals surface area contributed by atoms with Gasteiger partial charge in [-0.2, -0.15) is 0 Å². The van der Waals surface area contributed by atoms with E-state index in [1.54, 1.807) is 0 Å². The van der Waals surface area contributed by atoms with Crippen LogP contribution in [0.5, 0.6) is 5.75 Å². The van der Waals surface area contributed by atoms with Gasteiger partial charge in [-0.25, -0.2) is 0 Å². The molecule has 0 unspecified atom stereocenters. The van der Waals surface area contributed by atoms with E-state index in [2.05, 4.69) is 13.8 Å². The van der Waals surface area contributed by atoms with Gasteiger partial charge < -0.3 is 14.7 Å². The van der Waals surface area contributed by atoms with Crippen molar-refractivity contribution in [1.82, 2.24) is 4.90 Å². The Balaban J connectivity index is 1.82. The average molecular weight is 277 g/mol. The Bertz CT molecular complexity index is 506. The summed E-state index contributed by atoms with van der Waals surface area (Å²) in [5, 5.41) is 8.75. The first kappa shape index (κ1) is 14.4. The van der Waals surface area contributed by atoms with E-state index in [0.29, 0.717) is 11.7 Å². The summed E-state index contributed by atoms with van der Waals surface area (Å²) in [6.45, 7) is 4.70. The predicted molar refractivity (Wildman–Crippen MR) is 73.7 cm³/mol. The summed E-state index contributed by atoms with van der Waals surface area (Å²) in [5.74, 6) is -0.374. The number of amides is 1. The highest BCUT2D eigenvalue weighted by atomic mass is 16.5. The van der Waals surface area contributed by atoms with E-state index in [0.717, 1.165) is 5.56 Å². The Morgan fingerprint density at radius 1 is 1.40 bits per heavy atom. The van der Waals surface area contributed by atoms with Crippen LogP contribution in [0.15, 0.2) is 24.3 Å². The molecule has 1 aromatic rings. The Morgan fingerprint density at radius 2 is 2.10 bits per heavy atom. The molecule has 1 amide bonds. The average Bonchev–Trinajstić information content (AvgIpc) is 2.34. The zero-order valence-corrected chi connectivity index (χ0v) is 11.7. The van der Waals surface area contributed by atoms with Crippen LogP contribution < -0.4 is 4.74 Å². The van der Waals surface area contributed by atoms with Crippen molar-refractivity contribution in [2.24, 2.45) is 5.92 Å². The van der Waals surface area contributed by atoms with Crippen LogP contribution in [-0.4, -0.2) is 41.6 Å². The molecule has 1 fully saturated rings. The maximum atomic E-state index is 11.8. The lowest BCUT2D eigenvalue weighted by atomic mass is 10.0. The van der Waals surface area contributed by atoms with Crippen molar-refractivity contribution in [2.75, 3.05) is 19.7 Å². The first-order chi connectivity index (χ1) is 9.47. The van der Waals surface area contributed by atoms with Gasteiger partial charge in [0.15, 0.2) is 6.61 Å². The van der Waals surface area contributed by atoms with Crippen molar-refractivity contribution >= 4 is 11.9 Å². The number of likely N-dealkylation sites (tertiary alicyclic amines) is 1. The molecule has 1 N–H and O–H groups in total. The number of rotatable bonds is 5. The SMILES string of the molecule is CC(C)c1cccc(OCC(=O)N2CC(C(=O)O)C2)c1. The van der Waals surface area contributed by atoms with E-state index >= 15 is 0 Å². The molecule has 1 heterocycles. The number of carboxylic acid groups (broad SMARTS) is 1. The number of carbonyl (C=O) groups excluding carboxylic acids is 1. The Labute approximate surface area is 118 Å². The van der Waals surface area contributed by atoms with Crippen LogP contribution in [0.4, 0.5) is 0 Å². The van der Waals surface area contributed by atoms with Gasteiger partial charge in [0.25, 0.3) is 5.91 Å². The van der Waals surface area contributed by atoms with Crippen molar-refractivity contribution in [2.45, 2.75) is 19.8 Å². The van der Waals surface area contributed by atoms with E-state index in [1.807, 2.05) is 24.3 Å². The largest absolute Gasteiger partial charge is 0.484 e. The minimum atomic E-state index is -0.848. The first-order valence-corrected chi connectivity index (χ1v) is 6.70. The third kappa shape index (κ3) is 3.29. The molecule has 1 aliphatic heterocycles. The number of nitrogens with zero attached hydrogens (tertiary/aromatic N) is 1. The summed E-state index contributed by atoms with van der Waals surface area (Å²) < 4.78 is 5.47. The van der Waals surface area contributed by atoms with Gasteiger partial charge in [-0.05, 0) is 23.6 Å². The Morgan fingerprint density at radius 3 is 2.70 bits per heavy atom. The molecule has 2 rings (SSSR count). The van der Waals surface area contributed by atoms with E-state index < -0.39 is 11.9 Å². The highest BCUT2D eigenvalue weighted by Gasteiger charge is 2.35. The van der Waals surface area contributed by atoms with E-state index in [9.17, 15) is 9.59 Å². The minimum Gasteiger partial charge on any atom is -0.484 e. The highest BCUT2D eigenvalue weighted by molar-refractivity contribution is 5.82. The van der Waals surface area contributed by atoms with Crippen LogP contribution in [-0.2, 0) is 9.59 Å². The maximum Gasteiger partial charge on any atom is 0.310 e. The van der Waals surface area contributed by atoms with Gasteiger partial charge in [0, 0.05) is 13.1 Å². The van der Waals surface area contributed by atoms with Crippen LogP contribution >= 0.6 is 0 Å². The highest BCUT2D eigenvalue weighted by Crippen LogP contribution is 2.21. The van der Waals surface area contributed by atoms with Gasteiger partial charge in [0.1, 0.15) is 5.75 Å². The topological polar surface area (TPSA) is 66.8 Å². The Hall–Kier alpha value is -2.04. The summed E-state index contributed by atoms with van der Waals surface area (Å²) >= 11 is 0. The second-order valence-corrected chi connectivity index (χ2v) is 5.35. The summed E-state index contributed by atoms with van der Waals surface area (Å²) in [6, 6.07) is 7.66. The lowest BCUT2D eigenvalue weighted by Crippen LogP contribution is -2.54. The van der Waals surface area contributed by atoms with Crippen molar-refractivity contribution in [3.05, 3.63) is 29.8 Å². The molecular formula is C15H19NO4. The predicted octanol–water partition coefficient (Wildman–Crippen LogP) is 1.73. The summed E-state index contributed by atoms with van der Waals surface area (Å²) in [5.41, 5.74) is 1.16. The number of hydrogen-bond acceptors (Lipinski definition) is 3. The van der Waals surface area contributed by atoms with E-state index in [4.69, 9.17) is 9.84 Å². The molecule has 1 aromatic carbocycles. The standard InChI is InChI=1S/C15H19NO4/c1-10(2)11-4-3-5-13(6-11)20-9-14(17)16-7-12(8-16)15(18)19/h3-6,10,12H,7-9H2,1-2H3,(H,18,19). The van der Waals surface area contributed by atoms with Crippen molar-refractivity contribution in [1.29, 1.82) is 0 Å². The third-order valence-corrected chi connectivity index (χ3v) is 3.47. The summed E-state index contributed by atoms with van der Waals surface area (Å²) in [4.78, 5) is 24.0. The van der Waals surface area contributed by atoms with Crippen LogP contribution in [0.2, 0.25) is 0 Å². The molecular weight excluding hydrogens is 258 g/mol. The molecule has 0 aliphatic carbocycles. The molecule has 108 valence electrons. The van der Waals surface area contributed by atoms with E-state index in [-0.39, 0.29) is 25.6 Å². The quantitative estimate of drug-likeness (QED) is 0.890. The monoisotopic (exact) mass is 277 g/mol. The fourth-order valence-corrected chi connectivity index (χ4v) is 2.04. The fraction of sp³-hybridized carbons (Fsp3) is 0.467. The third-order valence-electron chi connectivity index (χ3n) is 3.47. The maximum absolute atomic E-state index is 11.8. The molecule has 0 atom stereocenters. The van der Waals surface area contributed by atoms with Crippen LogP contribution in [0.1, 0.15) is 25.3 Å². The lowest BCUT2D eigenvalue weighted by Gasteiger charge is -2.36. The molecule has 1 saturated heterocycles. The molecule has 0 radical (unpaired) electrons. The summed E-state index contributed by atoms with van der Waals surface area (Å²) in [7, 11) is 0. The Kier molecular flexibility index (Phi) is 4.27. The number of carboxylic acids is 1. The smallest absolute Gasteiger partial charge is 0.310 e. The number of hydrogen-bond donors (Lipinski definition) is 1. The number of aliphatic carboxylic acids is 1. The number of benzene rings is 1. The normalized spacial score (nSPS) is 15.1. The second-order valence-electron chi connectivity index (χ2n) is 5.35. The minimum absolute atomic E-state index is 0.0477. The second kappa shape index (κ2) is 5.94. The van der Waals surface area contributed by atoms with Gasteiger partial charge in [-0.1, -0.05) is 26.0 Å². The van der Waals surface area contributed by atoms with Gasteiger partial charge in [-0.15, -0.1) is 0 Å². The fourth-order valence-electron chi connectivity index (χ4n) is 2.04. The molecule has 0 bridgehead atoms. The van der Waals surface area contributed by atoms with Gasteiger partial charge in [0.05, 0.1) is 5.92 Å². The number of carbonyl (C=O) groups is 2. The molecule has 0 saturated carbocycles. The first-order valence-electron chi connectivity index (χ1n) is 6.70.